The minimum atomic E-state index is -3.80. The number of rotatable bonds is 3. The molecule has 0 spiro atoms. The second-order valence-electron chi connectivity index (χ2n) is 4.42. The van der Waals surface area contributed by atoms with Crippen LogP contribution in [0.4, 0.5) is 5.82 Å². The van der Waals surface area contributed by atoms with Crippen LogP contribution in [-0.2, 0) is 10.0 Å². The summed E-state index contributed by atoms with van der Waals surface area (Å²) in [5.41, 5.74) is 0.634. The van der Waals surface area contributed by atoms with Crippen LogP contribution in [0.15, 0.2) is 45.9 Å². The van der Waals surface area contributed by atoms with E-state index in [-0.39, 0.29) is 15.9 Å². The van der Waals surface area contributed by atoms with E-state index in [1.807, 2.05) is 0 Å². The Labute approximate surface area is 144 Å². The van der Waals surface area contributed by atoms with Crippen LogP contribution in [-0.4, -0.2) is 18.4 Å². The number of anilines is 1. The third-order valence-corrected chi connectivity index (χ3v) is 5.72. The molecule has 114 valence electrons. The Morgan fingerprint density at radius 3 is 2.68 bits per heavy atom. The number of hydrogen-bond acceptors (Lipinski definition) is 3. The van der Waals surface area contributed by atoms with Crippen molar-refractivity contribution in [2.75, 3.05) is 4.72 Å². The van der Waals surface area contributed by atoms with E-state index in [1.54, 1.807) is 24.3 Å². The highest BCUT2D eigenvalue weighted by Crippen LogP contribution is 2.28. The molecule has 22 heavy (non-hydrogen) atoms. The molecule has 3 rings (SSSR count). The first-order chi connectivity index (χ1) is 10.4. The van der Waals surface area contributed by atoms with Crippen LogP contribution in [0, 0.1) is 0 Å². The summed E-state index contributed by atoms with van der Waals surface area (Å²) in [4.78, 5) is 6.95. The highest BCUT2D eigenvalue weighted by atomic mass is 79.9. The second kappa shape index (κ2) is 5.73. The molecule has 0 radical (unpaired) electrons. The summed E-state index contributed by atoms with van der Waals surface area (Å²) in [6.07, 6.45) is 1.41. The first-order valence-electron chi connectivity index (χ1n) is 5.98. The molecule has 0 aliphatic carbocycles. The maximum Gasteiger partial charge on any atom is 0.265 e. The van der Waals surface area contributed by atoms with E-state index in [0.717, 1.165) is 0 Å². The molecule has 2 heterocycles. The summed E-state index contributed by atoms with van der Waals surface area (Å²) in [6.45, 7) is 0. The van der Waals surface area contributed by atoms with E-state index < -0.39 is 10.0 Å². The number of sulfonamides is 1. The van der Waals surface area contributed by atoms with Gasteiger partial charge in [0, 0.05) is 22.1 Å². The van der Waals surface area contributed by atoms with Crippen LogP contribution in [0.3, 0.4) is 0 Å². The van der Waals surface area contributed by atoms with E-state index in [9.17, 15) is 8.42 Å². The smallest absolute Gasteiger partial charge is 0.265 e. The van der Waals surface area contributed by atoms with E-state index >= 15 is 0 Å². The third-order valence-electron chi connectivity index (χ3n) is 2.94. The number of halogens is 3. The normalized spacial score (nSPS) is 11.8. The number of benzene rings is 1. The molecule has 2 aromatic heterocycles. The number of pyridine rings is 1. The van der Waals surface area contributed by atoms with Crippen molar-refractivity contribution in [1.29, 1.82) is 0 Å². The topological polar surface area (TPSA) is 74.8 Å². The molecule has 9 heteroatoms. The summed E-state index contributed by atoms with van der Waals surface area (Å²) in [7, 11) is -3.80. The molecule has 0 atom stereocenters. The van der Waals surface area contributed by atoms with Crippen molar-refractivity contribution in [2.24, 2.45) is 0 Å². The fourth-order valence-electron chi connectivity index (χ4n) is 1.96. The highest BCUT2D eigenvalue weighted by Gasteiger charge is 2.20. The predicted octanol–water partition coefficient (Wildman–Crippen LogP) is 4.43. The van der Waals surface area contributed by atoms with Crippen molar-refractivity contribution >= 4 is 65.9 Å². The molecular weight excluding hydrogens is 413 g/mol. The quantitative estimate of drug-likeness (QED) is 0.615. The highest BCUT2D eigenvalue weighted by molar-refractivity contribution is 9.10. The van der Waals surface area contributed by atoms with E-state index in [0.29, 0.717) is 20.4 Å². The Balaban J connectivity index is 2.02. The molecule has 1 aromatic carbocycles. The summed E-state index contributed by atoms with van der Waals surface area (Å²) >= 11 is 15.0. The van der Waals surface area contributed by atoms with Gasteiger partial charge in [0.15, 0.2) is 0 Å². The molecule has 0 bridgehead atoms. The minimum Gasteiger partial charge on any atom is -0.360 e. The Bertz CT molecular complexity index is 973. The van der Waals surface area contributed by atoms with E-state index in [2.05, 4.69) is 30.6 Å². The predicted molar refractivity (Wildman–Crippen MR) is 91.1 cm³/mol. The molecule has 0 aliphatic heterocycles. The van der Waals surface area contributed by atoms with Gasteiger partial charge in [-0.3, -0.25) is 4.72 Å². The summed E-state index contributed by atoms with van der Waals surface area (Å²) in [5.74, 6) is 0.136. The Morgan fingerprint density at radius 2 is 1.95 bits per heavy atom. The summed E-state index contributed by atoms with van der Waals surface area (Å²) < 4.78 is 28.0. The van der Waals surface area contributed by atoms with Crippen molar-refractivity contribution < 1.29 is 8.42 Å². The third kappa shape index (κ3) is 2.94. The molecule has 0 saturated heterocycles. The molecule has 0 saturated carbocycles. The molecular formula is C13H8BrCl2N3O2S. The number of nitrogens with zero attached hydrogens (tertiary/aromatic N) is 1. The van der Waals surface area contributed by atoms with Gasteiger partial charge in [-0.1, -0.05) is 23.2 Å². The Morgan fingerprint density at radius 1 is 1.18 bits per heavy atom. The fraction of sp³-hybridized carbons (Fsp3) is 0. The van der Waals surface area contributed by atoms with Crippen molar-refractivity contribution in [3.8, 4) is 0 Å². The van der Waals surface area contributed by atoms with Gasteiger partial charge in [-0.2, -0.15) is 0 Å². The monoisotopic (exact) mass is 419 g/mol. The molecule has 0 amide bonds. The maximum atomic E-state index is 12.5. The van der Waals surface area contributed by atoms with Crippen LogP contribution in [0.5, 0.6) is 0 Å². The van der Waals surface area contributed by atoms with Gasteiger partial charge in [0.25, 0.3) is 10.0 Å². The zero-order valence-electron chi connectivity index (χ0n) is 10.8. The van der Waals surface area contributed by atoms with Gasteiger partial charge < -0.3 is 4.98 Å². The van der Waals surface area contributed by atoms with Gasteiger partial charge in [-0.25, -0.2) is 13.4 Å². The summed E-state index contributed by atoms with van der Waals surface area (Å²) in [5, 5.41) is 1.23. The van der Waals surface area contributed by atoms with Gasteiger partial charge in [-0.05, 0) is 46.3 Å². The Kier molecular flexibility index (Phi) is 4.07. The molecule has 5 nitrogen and oxygen atoms in total. The van der Waals surface area contributed by atoms with Gasteiger partial charge in [0.1, 0.15) is 15.9 Å². The van der Waals surface area contributed by atoms with Crippen LogP contribution < -0.4 is 4.72 Å². The Hall–Kier alpha value is -1.28. The van der Waals surface area contributed by atoms with Crippen molar-refractivity contribution in [3.05, 3.63) is 51.2 Å². The lowest BCUT2D eigenvalue weighted by Crippen LogP contribution is -2.13. The van der Waals surface area contributed by atoms with Crippen molar-refractivity contribution in [3.63, 3.8) is 0 Å². The lowest BCUT2D eigenvalue weighted by Gasteiger charge is -2.07. The second-order valence-corrected chi connectivity index (χ2v) is 7.72. The van der Waals surface area contributed by atoms with Crippen LogP contribution in [0.25, 0.3) is 10.9 Å². The first-order valence-corrected chi connectivity index (χ1v) is 9.01. The molecule has 0 aliphatic rings. The average molecular weight is 421 g/mol. The van der Waals surface area contributed by atoms with Crippen LogP contribution in [0.2, 0.25) is 10.2 Å². The minimum absolute atomic E-state index is 0.111. The van der Waals surface area contributed by atoms with Crippen LogP contribution in [0.1, 0.15) is 0 Å². The largest absolute Gasteiger partial charge is 0.360 e. The number of hydrogen-bond donors (Lipinski definition) is 2. The van der Waals surface area contributed by atoms with Crippen molar-refractivity contribution in [2.45, 2.75) is 4.90 Å². The zero-order chi connectivity index (χ0) is 15.9. The van der Waals surface area contributed by atoms with Crippen LogP contribution >= 0.6 is 39.1 Å². The first kappa shape index (κ1) is 15.6. The van der Waals surface area contributed by atoms with Crippen molar-refractivity contribution in [1.82, 2.24) is 9.97 Å². The molecule has 2 N–H and O–H groups in total. The van der Waals surface area contributed by atoms with Gasteiger partial charge in [0.05, 0.1) is 4.47 Å². The lowest BCUT2D eigenvalue weighted by molar-refractivity contribution is 0.602. The zero-order valence-corrected chi connectivity index (χ0v) is 14.7. The molecule has 3 aromatic rings. The average Bonchev–Trinajstić information content (AvgIpc) is 2.86. The van der Waals surface area contributed by atoms with E-state index in [1.165, 1.54) is 12.3 Å². The standard InChI is InChI=1S/C13H8BrCl2N3O2S/c14-9-3-4-12(18-13(9)16)19-22(20,21)11-6-17-10-5-7(15)1-2-8(10)11/h1-6,17H,(H,18,19). The van der Waals surface area contributed by atoms with Gasteiger partial charge in [0.2, 0.25) is 0 Å². The van der Waals surface area contributed by atoms with Gasteiger partial charge >= 0.3 is 0 Å². The number of aromatic nitrogens is 2. The number of nitrogens with one attached hydrogen (secondary N) is 2. The maximum absolute atomic E-state index is 12.5. The molecule has 0 fully saturated rings. The number of aromatic amines is 1. The summed E-state index contributed by atoms with van der Waals surface area (Å²) in [6, 6.07) is 8.06. The SMILES string of the molecule is O=S(=O)(Nc1ccc(Br)c(Cl)n1)c1c[nH]c2cc(Cl)ccc12. The number of H-pyrrole nitrogens is 1. The number of fused-ring (bicyclic) bond motifs is 1. The lowest BCUT2D eigenvalue weighted by atomic mass is 10.2. The van der Waals surface area contributed by atoms with E-state index in [4.69, 9.17) is 23.2 Å². The molecule has 0 unspecified atom stereocenters. The fourth-order valence-corrected chi connectivity index (χ4v) is 3.69. The van der Waals surface area contributed by atoms with Gasteiger partial charge in [-0.15, -0.1) is 0 Å².